The van der Waals surface area contributed by atoms with Gasteiger partial charge in [0.15, 0.2) is 5.96 Å². The normalized spacial score (nSPS) is 13.3. The molecule has 1 heterocycles. The lowest BCUT2D eigenvalue weighted by molar-refractivity contribution is 0.145. The van der Waals surface area contributed by atoms with Gasteiger partial charge >= 0.3 is 0 Å². The summed E-state index contributed by atoms with van der Waals surface area (Å²) in [5.74, 6) is 0.863. The molecule has 0 amide bonds. The van der Waals surface area contributed by atoms with Crippen LogP contribution in [0.25, 0.3) is 0 Å². The second kappa shape index (κ2) is 9.77. The van der Waals surface area contributed by atoms with Crippen molar-refractivity contribution in [1.29, 1.82) is 0 Å². The average molecular weight is 297 g/mol. The first-order valence-electron chi connectivity index (χ1n) is 7.26. The first-order chi connectivity index (χ1) is 9.65. The van der Waals surface area contributed by atoms with E-state index in [4.69, 9.17) is 4.74 Å². The summed E-state index contributed by atoms with van der Waals surface area (Å²) in [6.45, 7) is 8.80. The van der Waals surface area contributed by atoms with Crippen LogP contribution in [0.3, 0.4) is 0 Å². The van der Waals surface area contributed by atoms with Gasteiger partial charge in [-0.3, -0.25) is 4.99 Å². The van der Waals surface area contributed by atoms with Crippen molar-refractivity contribution in [3.05, 3.63) is 21.9 Å². The molecule has 1 aromatic rings. The summed E-state index contributed by atoms with van der Waals surface area (Å²) in [5, 5.41) is 6.73. The van der Waals surface area contributed by atoms with E-state index < -0.39 is 0 Å². The molecule has 0 spiro atoms. The van der Waals surface area contributed by atoms with E-state index in [0.29, 0.717) is 6.04 Å². The topological polar surface area (TPSA) is 45.6 Å². The monoisotopic (exact) mass is 297 g/mol. The summed E-state index contributed by atoms with van der Waals surface area (Å²) in [4.78, 5) is 7.03. The van der Waals surface area contributed by atoms with Gasteiger partial charge in [-0.05, 0) is 39.3 Å². The van der Waals surface area contributed by atoms with E-state index in [2.05, 4.69) is 41.6 Å². The number of aryl methyl sites for hydroxylation is 1. The van der Waals surface area contributed by atoms with Gasteiger partial charge < -0.3 is 15.4 Å². The standard InChI is InChI=1S/C15H27N3OS/c1-5-19-10-6-9-17-15(16-4)18-12(2)11-14-8-7-13(3)20-14/h7-8,12H,5-6,9-11H2,1-4H3,(H2,16,17,18). The Bertz CT molecular complexity index is 404. The number of ether oxygens (including phenoxy) is 1. The smallest absolute Gasteiger partial charge is 0.191 e. The number of aliphatic imine (C=N–C) groups is 1. The van der Waals surface area contributed by atoms with Gasteiger partial charge in [-0.2, -0.15) is 0 Å². The van der Waals surface area contributed by atoms with Crippen LogP contribution in [0.5, 0.6) is 0 Å². The fourth-order valence-corrected chi connectivity index (χ4v) is 2.92. The van der Waals surface area contributed by atoms with Gasteiger partial charge in [-0.1, -0.05) is 0 Å². The Balaban J connectivity index is 2.25. The van der Waals surface area contributed by atoms with Crippen LogP contribution in [0.15, 0.2) is 17.1 Å². The lowest BCUT2D eigenvalue weighted by Gasteiger charge is -2.17. The molecule has 0 radical (unpaired) electrons. The van der Waals surface area contributed by atoms with Crippen LogP contribution < -0.4 is 10.6 Å². The van der Waals surface area contributed by atoms with Gasteiger partial charge in [-0.15, -0.1) is 11.3 Å². The molecule has 0 aromatic carbocycles. The molecule has 114 valence electrons. The third-order valence-electron chi connectivity index (χ3n) is 2.87. The fourth-order valence-electron chi connectivity index (χ4n) is 1.90. The second-order valence-electron chi connectivity index (χ2n) is 4.81. The zero-order chi connectivity index (χ0) is 14.8. The van der Waals surface area contributed by atoms with Crippen molar-refractivity contribution in [3.63, 3.8) is 0 Å². The highest BCUT2D eigenvalue weighted by Gasteiger charge is 2.07. The molecule has 4 nitrogen and oxygen atoms in total. The second-order valence-corrected chi connectivity index (χ2v) is 6.18. The summed E-state index contributed by atoms with van der Waals surface area (Å²) in [6.07, 6.45) is 2.02. The van der Waals surface area contributed by atoms with Gasteiger partial charge in [0.05, 0.1) is 0 Å². The Morgan fingerprint density at radius 2 is 2.25 bits per heavy atom. The van der Waals surface area contributed by atoms with E-state index in [1.165, 1.54) is 9.75 Å². The Morgan fingerprint density at radius 1 is 1.45 bits per heavy atom. The lowest BCUT2D eigenvalue weighted by Crippen LogP contribution is -2.43. The predicted molar refractivity (Wildman–Crippen MR) is 87.8 cm³/mol. The van der Waals surface area contributed by atoms with Gasteiger partial charge in [0, 0.05) is 49.0 Å². The fraction of sp³-hybridized carbons (Fsp3) is 0.667. The molecule has 0 aliphatic heterocycles. The summed E-state index contributed by atoms with van der Waals surface area (Å²) < 4.78 is 5.31. The molecule has 0 aliphatic carbocycles. The molecule has 0 fully saturated rings. The van der Waals surface area contributed by atoms with Crippen LogP contribution in [0.4, 0.5) is 0 Å². The average Bonchev–Trinajstić information content (AvgIpc) is 2.82. The minimum absolute atomic E-state index is 0.367. The van der Waals surface area contributed by atoms with E-state index in [9.17, 15) is 0 Å². The first kappa shape index (κ1) is 17.0. The molecule has 0 saturated carbocycles. The minimum Gasteiger partial charge on any atom is -0.382 e. The zero-order valence-electron chi connectivity index (χ0n) is 13.0. The molecule has 0 saturated heterocycles. The number of nitrogens with one attached hydrogen (secondary N) is 2. The number of hydrogen-bond donors (Lipinski definition) is 2. The lowest BCUT2D eigenvalue weighted by atomic mass is 10.2. The predicted octanol–water partition coefficient (Wildman–Crippen LogP) is 2.58. The summed E-state index contributed by atoms with van der Waals surface area (Å²) >= 11 is 1.86. The van der Waals surface area contributed by atoms with Crippen molar-refractivity contribution in [2.75, 3.05) is 26.8 Å². The molecule has 1 aromatic heterocycles. The SMILES string of the molecule is CCOCCCNC(=NC)NC(C)Cc1ccc(C)s1. The number of thiophene rings is 1. The minimum atomic E-state index is 0.367. The van der Waals surface area contributed by atoms with Crippen LogP contribution in [0.2, 0.25) is 0 Å². The number of nitrogens with zero attached hydrogens (tertiary/aromatic N) is 1. The van der Waals surface area contributed by atoms with Gasteiger partial charge in [0.25, 0.3) is 0 Å². The molecule has 20 heavy (non-hydrogen) atoms. The largest absolute Gasteiger partial charge is 0.382 e. The van der Waals surface area contributed by atoms with Crippen LogP contribution in [0, 0.1) is 6.92 Å². The molecule has 5 heteroatoms. The summed E-state index contributed by atoms with van der Waals surface area (Å²) in [6, 6.07) is 4.75. The van der Waals surface area contributed by atoms with Crippen LogP contribution >= 0.6 is 11.3 Å². The summed E-state index contributed by atoms with van der Waals surface area (Å²) in [5.41, 5.74) is 0. The first-order valence-corrected chi connectivity index (χ1v) is 8.07. The van der Waals surface area contributed by atoms with Gasteiger partial charge in [0.1, 0.15) is 0 Å². The van der Waals surface area contributed by atoms with E-state index in [0.717, 1.165) is 38.6 Å². The van der Waals surface area contributed by atoms with Crippen molar-refractivity contribution in [2.24, 2.45) is 4.99 Å². The third-order valence-corrected chi connectivity index (χ3v) is 3.90. The van der Waals surface area contributed by atoms with Crippen molar-refractivity contribution in [2.45, 2.75) is 39.7 Å². The quantitative estimate of drug-likeness (QED) is 0.440. The van der Waals surface area contributed by atoms with Gasteiger partial charge in [0.2, 0.25) is 0 Å². The van der Waals surface area contributed by atoms with Crippen molar-refractivity contribution >= 4 is 17.3 Å². The Labute approximate surface area is 126 Å². The molecule has 0 aliphatic rings. The molecule has 1 unspecified atom stereocenters. The number of hydrogen-bond acceptors (Lipinski definition) is 3. The molecule has 1 atom stereocenters. The third kappa shape index (κ3) is 6.91. The molecular weight excluding hydrogens is 270 g/mol. The Kier molecular flexibility index (Phi) is 8.30. The van der Waals surface area contributed by atoms with Crippen molar-refractivity contribution < 1.29 is 4.74 Å². The van der Waals surface area contributed by atoms with E-state index in [1.54, 1.807) is 7.05 Å². The highest BCUT2D eigenvalue weighted by atomic mass is 32.1. The summed E-state index contributed by atoms with van der Waals surface area (Å²) in [7, 11) is 1.81. The van der Waals surface area contributed by atoms with Crippen LogP contribution in [-0.2, 0) is 11.2 Å². The molecular formula is C15H27N3OS. The van der Waals surface area contributed by atoms with E-state index >= 15 is 0 Å². The highest BCUT2D eigenvalue weighted by molar-refractivity contribution is 7.11. The maximum Gasteiger partial charge on any atom is 0.191 e. The van der Waals surface area contributed by atoms with Crippen LogP contribution in [-0.4, -0.2) is 38.8 Å². The molecule has 2 N–H and O–H groups in total. The van der Waals surface area contributed by atoms with Crippen molar-refractivity contribution in [3.8, 4) is 0 Å². The van der Waals surface area contributed by atoms with E-state index in [1.807, 2.05) is 18.3 Å². The van der Waals surface area contributed by atoms with E-state index in [-0.39, 0.29) is 0 Å². The maximum absolute atomic E-state index is 5.31. The number of guanidine groups is 1. The zero-order valence-corrected chi connectivity index (χ0v) is 13.8. The van der Waals surface area contributed by atoms with Crippen LogP contribution in [0.1, 0.15) is 30.0 Å². The maximum atomic E-state index is 5.31. The Morgan fingerprint density at radius 3 is 2.85 bits per heavy atom. The number of rotatable bonds is 8. The van der Waals surface area contributed by atoms with Crippen molar-refractivity contribution in [1.82, 2.24) is 10.6 Å². The molecule has 1 rings (SSSR count). The highest BCUT2D eigenvalue weighted by Crippen LogP contribution is 2.16. The Hall–Kier alpha value is -1.07. The molecule has 0 bridgehead atoms. The van der Waals surface area contributed by atoms with Gasteiger partial charge in [-0.25, -0.2) is 0 Å².